The maximum Gasteiger partial charge on any atom is 0.234 e. The van der Waals surface area contributed by atoms with Crippen LogP contribution in [0.4, 0.5) is 0 Å². The van der Waals surface area contributed by atoms with Gasteiger partial charge in [0.05, 0.1) is 12.6 Å². The SMILES string of the molecule is C[C@@H](O)[C@H]1CCCCN1CC(=O)NCc1ccccc1. The third-order valence-electron chi connectivity index (χ3n) is 3.90. The summed E-state index contributed by atoms with van der Waals surface area (Å²) in [7, 11) is 0. The van der Waals surface area contributed by atoms with Gasteiger partial charge in [-0.1, -0.05) is 36.8 Å². The minimum atomic E-state index is -0.378. The van der Waals surface area contributed by atoms with Crippen LogP contribution >= 0.6 is 0 Å². The number of nitrogens with zero attached hydrogens (tertiary/aromatic N) is 1. The Morgan fingerprint density at radius 1 is 1.40 bits per heavy atom. The van der Waals surface area contributed by atoms with E-state index in [4.69, 9.17) is 0 Å². The molecule has 4 heteroatoms. The van der Waals surface area contributed by atoms with E-state index in [0.29, 0.717) is 13.1 Å². The normalized spacial score (nSPS) is 21.4. The summed E-state index contributed by atoms with van der Waals surface area (Å²) in [6.07, 6.45) is 2.84. The predicted molar refractivity (Wildman–Crippen MR) is 79.2 cm³/mol. The van der Waals surface area contributed by atoms with Crippen molar-refractivity contribution >= 4 is 5.91 Å². The van der Waals surface area contributed by atoms with Crippen molar-refractivity contribution in [2.24, 2.45) is 0 Å². The molecular weight excluding hydrogens is 252 g/mol. The maximum atomic E-state index is 12.0. The molecule has 1 aliphatic rings. The molecule has 0 aromatic heterocycles. The fraction of sp³-hybridized carbons (Fsp3) is 0.562. The Hall–Kier alpha value is -1.39. The summed E-state index contributed by atoms with van der Waals surface area (Å²) in [6, 6.07) is 10.0. The van der Waals surface area contributed by atoms with Crippen molar-refractivity contribution in [1.82, 2.24) is 10.2 Å². The van der Waals surface area contributed by atoms with Crippen LogP contribution in [-0.4, -0.2) is 41.1 Å². The van der Waals surface area contributed by atoms with Gasteiger partial charge in [0.15, 0.2) is 0 Å². The van der Waals surface area contributed by atoms with E-state index in [2.05, 4.69) is 10.2 Å². The summed E-state index contributed by atoms with van der Waals surface area (Å²) < 4.78 is 0. The number of rotatable bonds is 5. The fourth-order valence-corrected chi connectivity index (χ4v) is 2.80. The van der Waals surface area contributed by atoms with Crippen LogP contribution in [0.1, 0.15) is 31.7 Å². The van der Waals surface area contributed by atoms with Crippen LogP contribution in [0.15, 0.2) is 30.3 Å². The van der Waals surface area contributed by atoms with Crippen molar-refractivity contribution < 1.29 is 9.90 Å². The molecule has 1 aromatic rings. The number of piperidine rings is 1. The van der Waals surface area contributed by atoms with E-state index in [0.717, 1.165) is 31.4 Å². The van der Waals surface area contributed by atoms with Crippen LogP contribution in [0.25, 0.3) is 0 Å². The van der Waals surface area contributed by atoms with Crippen LogP contribution in [0, 0.1) is 0 Å². The topological polar surface area (TPSA) is 52.6 Å². The summed E-state index contributed by atoms with van der Waals surface area (Å²) in [5.74, 6) is 0.0291. The van der Waals surface area contributed by atoms with Crippen molar-refractivity contribution in [3.8, 4) is 0 Å². The number of aliphatic hydroxyl groups excluding tert-OH is 1. The predicted octanol–water partition coefficient (Wildman–Crippen LogP) is 1.54. The van der Waals surface area contributed by atoms with Gasteiger partial charge in [-0.2, -0.15) is 0 Å². The van der Waals surface area contributed by atoms with Gasteiger partial charge >= 0.3 is 0 Å². The second-order valence-electron chi connectivity index (χ2n) is 5.54. The molecule has 4 nitrogen and oxygen atoms in total. The van der Waals surface area contributed by atoms with Crippen molar-refractivity contribution in [2.75, 3.05) is 13.1 Å². The molecule has 1 fully saturated rings. The van der Waals surface area contributed by atoms with E-state index in [-0.39, 0.29) is 18.1 Å². The lowest BCUT2D eigenvalue weighted by molar-refractivity contribution is -0.124. The van der Waals surface area contributed by atoms with Gasteiger partial charge in [0, 0.05) is 12.6 Å². The Morgan fingerprint density at radius 3 is 2.85 bits per heavy atom. The van der Waals surface area contributed by atoms with E-state index >= 15 is 0 Å². The molecule has 0 unspecified atom stereocenters. The number of nitrogens with one attached hydrogen (secondary N) is 1. The average molecular weight is 276 g/mol. The molecule has 0 bridgehead atoms. The zero-order chi connectivity index (χ0) is 14.4. The third-order valence-corrected chi connectivity index (χ3v) is 3.90. The number of aliphatic hydroxyl groups is 1. The van der Waals surface area contributed by atoms with E-state index in [9.17, 15) is 9.90 Å². The van der Waals surface area contributed by atoms with Crippen LogP contribution in [0.3, 0.4) is 0 Å². The van der Waals surface area contributed by atoms with E-state index in [1.807, 2.05) is 37.3 Å². The quantitative estimate of drug-likeness (QED) is 0.857. The fourth-order valence-electron chi connectivity index (χ4n) is 2.80. The van der Waals surface area contributed by atoms with Gasteiger partial charge < -0.3 is 10.4 Å². The number of hydrogen-bond donors (Lipinski definition) is 2. The molecule has 0 aliphatic carbocycles. The van der Waals surface area contributed by atoms with Crippen LogP contribution in [-0.2, 0) is 11.3 Å². The number of amides is 1. The van der Waals surface area contributed by atoms with E-state index < -0.39 is 0 Å². The minimum absolute atomic E-state index is 0.0291. The van der Waals surface area contributed by atoms with Gasteiger partial charge in [0.1, 0.15) is 0 Å². The lowest BCUT2D eigenvalue weighted by atomic mass is 9.98. The summed E-state index contributed by atoms with van der Waals surface area (Å²) in [6.45, 7) is 3.65. The van der Waals surface area contributed by atoms with Crippen LogP contribution in [0.2, 0.25) is 0 Å². The van der Waals surface area contributed by atoms with Crippen molar-refractivity contribution in [3.05, 3.63) is 35.9 Å². The minimum Gasteiger partial charge on any atom is -0.392 e. The maximum absolute atomic E-state index is 12.0. The first kappa shape index (κ1) is 15.0. The average Bonchev–Trinajstić information content (AvgIpc) is 2.46. The largest absolute Gasteiger partial charge is 0.392 e. The van der Waals surface area contributed by atoms with Gasteiger partial charge in [-0.05, 0) is 31.9 Å². The molecule has 110 valence electrons. The molecular formula is C16H24N2O2. The van der Waals surface area contributed by atoms with Gasteiger partial charge in [-0.15, -0.1) is 0 Å². The molecule has 20 heavy (non-hydrogen) atoms. The monoisotopic (exact) mass is 276 g/mol. The van der Waals surface area contributed by atoms with Gasteiger partial charge in [-0.25, -0.2) is 0 Å². The molecule has 1 aliphatic heterocycles. The molecule has 2 rings (SSSR count). The first-order valence-corrected chi connectivity index (χ1v) is 7.39. The van der Waals surface area contributed by atoms with Gasteiger partial charge in [0.25, 0.3) is 0 Å². The van der Waals surface area contributed by atoms with Crippen molar-refractivity contribution in [1.29, 1.82) is 0 Å². The molecule has 1 saturated heterocycles. The number of carbonyl (C=O) groups excluding carboxylic acids is 1. The van der Waals surface area contributed by atoms with Crippen molar-refractivity contribution in [3.63, 3.8) is 0 Å². The molecule has 2 atom stereocenters. The highest BCUT2D eigenvalue weighted by Gasteiger charge is 2.27. The second-order valence-corrected chi connectivity index (χ2v) is 5.54. The Balaban J connectivity index is 1.81. The summed E-state index contributed by atoms with van der Waals surface area (Å²) in [4.78, 5) is 14.1. The van der Waals surface area contributed by atoms with Gasteiger partial charge in [0.2, 0.25) is 5.91 Å². The highest BCUT2D eigenvalue weighted by molar-refractivity contribution is 5.78. The number of carbonyl (C=O) groups is 1. The Morgan fingerprint density at radius 2 is 2.15 bits per heavy atom. The Kier molecular flexibility index (Phi) is 5.56. The highest BCUT2D eigenvalue weighted by Crippen LogP contribution is 2.19. The lowest BCUT2D eigenvalue weighted by Gasteiger charge is -2.36. The summed E-state index contributed by atoms with van der Waals surface area (Å²) in [5.41, 5.74) is 1.10. The molecule has 0 spiro atoms. The summed E-state index contributed by atoms with van der Waals surface area (Å²) >= 11 is 0. The number of likely N-dealkylation sites (tertiary alicyclic amines) is 1. The van der Waals surface area contributed by atoms with Crippen LogP contribution in [0.5, 0.6) is 0 Å². The second kappa shape index (κ2) is 7.41. The summed E-state index contributed by atoms with van der Waals surface area (Å²) in [5, 5.41) is 12.7. The first-order chi connectivity index (χ1) is 9.66. The smallest absolute Gasteiger partial charge is 0.234 e. The molecule has 0 radical (unpaired) electrons. The third kappa shape index (κ3) is 4.32. The number of hydrogen-bond acceptors (Lipinski definition) is 3. The zero-order valence-electron chi connectivity index (χ0n) is 12.1. The standard InChI is InChI=1S/C16H24N2O2/c1-13(19)15-9-5-6-10-18(15)12-16(20)17-11-14-7-3-2-4-8-14/h2-4,7-8,13,15,19H,5-6,9-12H2,1H3,(H,17,20)/t13-,15-/m1/s1. The van der Waals surface area contributed by atoms with Gasteiger partial charge in [-0.3, -0.25) is 9.69 Å². The Labute approximate surface area is 120 Å². The lowest BCUT2D eigenvalue weighted by Crippen LogP contribution is -2.49. The Bertz CT molecular complexity index is 420. The highest BCUT2D eigenvalue weighted by atomic mass is 16.3. The molecule has 1 heterocycles. The molecule has 2 N–H and O–H groups in total. The first-order valence-electron chi connectivity index (χ1n) is 7.39. The van der Waals surface area contributed by atoms with E-state index in [1.54, 1.807) is 0 Å². The molecule has 1 amide bonds. The van der Waals surface area contributed by atoms with Crippen LogP contribution < -0.4 is 5.32 Å². The molecule has 1 aromatic carbocycles. The zero-order valence-corrected chi connectivity index (χ0v) is 12.1. The molecule has 0 saturated carbocycles. The van der Waals surface area contributed by atoms with E-state index in [1.165, 1.54) is 0 Å². The number of benzene rings is 1. The van der Waals surface area contributed by atoms with Crippen molar-refractivity contribution in [2.45, 2.75) is 44.9 Å².